The van der Waals surface area contributed by atoms with E-state index in [9.17, 15) is 9.18 Å². The molecule has 7 nitrogen and oxygen atoms in total. The molecule has 1 N–H and O–H groups in total. The van der Waals surface area contributed by atoms with Crippen LogP contribution in [0.15, 0.2) is 35.0 Å². The highest BCUT2D eigenvalue weighted by molar-refractivity contribution is 7.11. The molecule has 4 aromatic rings. The summed E-state index contributed by atoms with van der Waals surface area (Å²) in [5.74, 6) is 0.0759. The molecular weight excluding hydrogens is 393 g/mol. The molecule has 1 aromatic carbocycles. The average Bonchev–Trinajstić information content (AvgIpc) is 3.44. The van der Waals surface area contributed by atoms with E-state index in [0.29, 0.717) is 37.0 Å². The summed E-state index contributed by atoms with van der Waals surface area (Å²) in [5, 5.41) is 10.5. The fourth-order valence-corrected chi connectivity index (χ4v) is 4.52. The molecule has 0 saturated carbocycles. The monoisotopic (exact) mass is 411 g/mol. The summed E-state index contributed by atoms with van der Waals surface area (Å²) < 4.78 is 20.0. The van der Waals surface area contributed by atoms with E-state index >= 15 is 0 Å². The number of aryl methyl sites for hydroxylation is 2. The van der Waals surface area contributed by atoms with Gasteiger partial charge in [0, 0.05) is 36.9 Å². The van der Waals surface area contributed by atoms with Gasteiger partial charge in [0.2, 0.25) is 5.91 Å². The number of aromatic nitrogens is 4. The fraction of sp³-hybridized carbons (Fsp3) is 0.300. The quantitative estimate of drug-likeness (QED) is 0.555. The maximum Gasteiger partial charge on any atom is 0.223 e. The van der Waals surface area contributed by atoms with Crippen molar-refractivity contribution < 1.29 is 13.6 Å². The van der Waals surface area contributed by atoms with Gasteiger partial charge in [-0.1, -0.05) is 12.1 Å². The summed E-state index contributed by atoms with van der Waals surface area (Å²) in [6, 6.07) is 6.11. The molecular formula is C20H18FN5O2S. The minimum Gasteiger partial charge on any atom is -0.455 e. The predicted octanol–water partition coefficient (Wildman–Crippen LogP) is 3.56. The molecule has 3 aromatic heterocycles. The second-order valence-electron chi connectivity index (χ2n) is 7.03. The third-order valence-electron chi connectivity index (χ3n) is 5.15. The number of imidazole rings is 1. The van der Waals surface area contributed by atoms with E-state index < -0.39 is 11.9 Å². The van der Waals surface area contributed by atoms with E-state index in [4.69, 9.17) is 4.42 Å². The number of aromatic amines is 1. The second kappa shape index (κ2) is 7.07. The van der Waals surface area contributed by atoms with Crippen LogP contribution in [0.4, 0.5) is 4.39 Å². The molecule has 0 fully saturated rings. The van der Waals surface area contributed by atoms with Crippen LogP contribution in [0, 0.1) is 12.7 Å². The van der Waals surface area contributed by atoms with Gasteiger partial charge in [0.1, 0.15) is 21.8 Å². The smallest absolute Gasteiger partial charge is 0.223 e. The Morgan fingerprint density at radius 1 is 1.41 bits per heavy atom. The third kappa shape index (κ3) is 3.21. The summed E-state index contributed by atoms with van der Waals surface area (Å²) in [7, 11) is 0. The highest BCUT2D eigenvalue weighted by Crippen LogP contribution is 2.37. The first kappa shape index (κ1) is 18.0. The maximum absolute atomic E-state index is 14.2. The number of hydrogen-bond donors (Lipinski definition) is 1. The van der Waals surface area contributed by atoms with Gasteiger partial charge in [-0.2, -0.15) is 0 Å². The van der Waals surface area contributed by atoms with Crippen LogP contribution in [-0.4, -0.2) is 37.5 Å². The first-order valence-corrected chi connectivity index (χ1v) is 10.2. The molecule has 0 spiro atoms. The van der Waals surface area contributed by atoms with Crippen molar-refractivity contribution in [3.05, 3.63) is 63.6 Å². The zero-order valence-electron chi connectivity index (χ0n) is 15.7. The number of furan rings is 1. The average molecular weight is 411 g/mol. The Balaban J connectivity index is 1.48. The topological polar surface area (TPSA) is 87.9 Å². The first-order valence-electron chi connectivity index (χ1n) is 9.38. The molecule has 148 valence electrons. The molecule has 1 atom stereocenters. The van der Waals surface area contributed by atoms with Crippen LogP contribution in [0.25, 0.3) is 11.0 Å². The van der Waals surface area contributed by atoms with Crippen molar-refractivity contribution in [2.45, 2.75) is 32.2 Å². The Morgan fingerprint density at radius 2 is 2.31 bits per heavy atom. The molecule has 0 radical (unpaired) electrons. The Kier molecular flexibility index (Phi) is 4.39. The number of benzene rings is 1. The number of amides is 1. The highest BCUT2D eigenvalue weighted by atomic mass is 32.1. The standard InChI is InChI=1S/C20H18FN5O2S/c1-11-24-25-16(29-11)5-6-17(27)26-8-7-14-18(23-10-22-14)19(26)15-9-12-3-2-4-13(21)20(12)28-15/h2-4,9-10,19H,5-8H2,1H3,(H,22,23)/t19-/m0/s1. The molecule has 1 amide bonds. The third-order valence-corrected chi connectivity index (χ3v) is 6.05. The van der Waals surface area contributed by atoms with E-state index in [1.807, 2.05) is 6.92 Å². The van der Waals surface area contributed by atoms with Gasteiger partial charge in [-0.3, -0.25) is 4.79 Å². The van der Waals surface area contributed by atoms with Crippen LogP contribution in [-0.2, 0) is 17.6 Å². The van der Waals surface area contributed by atoms with Crippen LogP contribution in [0.2, 0.25) is 0 Å². The van der Waals surface area contributed by atoms with E-state index in [1.165, 1.54) is 17.4 Å². The normalized spacial score (nSPS) is 16.3. The number of carbonyl (C=O) groups excluding carboxylic acids is 1. The molecule has 0 aliphatic carbocycles. The van der Waals surface area contributed by atoms with Gasteiger partial charge in [0.15, 0.2) is 11.4 Å². The molecule has 5 rings (SSSR count). The zero-order valence-corrected chi connectivity index (χ0v) is 16.5. The van der Waals surface area contributed by atoms with Crippen molar-refractivity contribution in [3.63, 3.8) is 0 Å². The number of carbonyl (C=O) groups is 1. The number of nitrogens with one attached hydrogen (secondary N) is 1. The second-order valence-corrected chi connectivity index (χ2v) is 8.29. The lowest BCUT2D eigenvalue weighted by molar-refractivity contribution is -0.133. The van der Waals surface area contributed by atoms with Crippen molar-refractivity contribution in [2.75, 3.05) is 6.54 Å². The molecule has 0 saturated heterocycles. The van der Waals surface area contributed by atoms with Gasteiger partial charge in [-0.05, 0) is 19.1 Å². The number of rotatable bonds is 4. The Morgan fingerprint density at radius 3 is 3.10 bits per heavy atom. The number of halogens is 1. The maximum atomic E-state index is 14.2. The molecule has 1 aliphatic rings. The lowest BCUT2D eigenvalue weighted by Crippen LogP contribution is -2.40. The molecule has 0 unspecified atom stereocenters. The lowest BCUT2D eigenvalue weighted by Gasteiger charge is -2.33. The number of H-pyrrole nitrogens is 1. The number of hydrogen-bond acceptors (Lipinski definition) is 6. The summed E-state index contributed by atoms with van der Waals surface area (Å²) >= 11 is 1.50. The zero-order chi connectivity index (χ0) is 20.0. The number of nitrogens with zero attached hydrogens (tertiary/aromatic N) is 4. The van der Waals surface area contributed by atoms with Crippen LogP contribution in [0.5, 0.6) is 0 Å². The van der Waals surface area contributed by atoms with Gasteiger partial charge in [-0.15, -0.1) is 21.5 Å². The van der Waals surface area contributed by atoms with E-state index in [-0.39, 0.29) is 11.5 Å². The van der Waals surface area contributed by atoms with E-state index in [0.717, 1.165) is 21.4 Å². The van der Waals surface area contributed by atoms with Crippen LogP contribution >= 0.6 is 11.3 Å². The lowest BCUT2D eigenvalue weighted by atomic mass is 9.99. The van der Waals surface area contributed by atoms with E-state index in [2.05, 4.69) is 20.2 Å². The molecule has 0 bridgehead atoms. The number of fused-ring (bicyclic) bond motifs is 2. The largest absolute Gasteiger partial charge is 0.455 e. The predicted molar refractivity (Wildman–Crippen MR) is 105 cm³/mol. The van der Waals surface area contributed by atoms with E-state index in [1.54, 1.807) is 29.4 Å². The minimum atomic E-state index is -0.486. The first-order chi connectivity index (χ1) is 14.1. The molecule has 9 heteroatoms. The molecule has 1 aliphatic heterocycles. The van der Waals surface area contributed by atoms with Crippen molar-refractivity contribution in [2.24, 2.45) is 0 Å². The van der Waals surface area contributed by atoms with Gasteiger partial charge in [0.25, 0.3) is 0 Å². The van der Waals surface area contributed by atoms with Crippen molar-refractivity contribution in [3.8, 4) is 0 Å². The van der Waals surface area contributed by atoms with Gasteiger partial charge >= 0.3 is 0 Å². The highest BCUT2D eigenvalue weighted by Gasteiger charge is 2.36. The Labute approximate surface area is 169 Å². The summed E-state index contributed by atoms with van der Waals surface area (Å²) in [6.07, 6.45) is 3.16. The Bertz CT molecular complexity index is 1200. The van der Waals surface area contributed by atoms with Crippen LogP contribution < -0.4 is 0 Å². The van der Waals surface area contributed by atoms with Crippen molar-refractivity contribution in [1.29, 1.82) is 0 Å². The number of para-hydroxylation sites is 1. The molecule has 29 heavy (non-hydrogen) atoms. The van der Waals surface area contributed by atoms with Crippen molar-refractivity contribution >= 4 is 28.2 Å². The summed E-state index contributed by atoms with van der Waals surface area (Å²) in [6.45, 7) is 2.43. The van der Waals surface area contributed by atoms with Crippen LogP contribution in [0.3, 0.4) is 0 Å². The Hall–Kier alpha value is -3.07. The minimum absolute atomic E-state index is 0.0163. The molecule has 4 heterocycles. The van der Waals surface area contributed by atoms with Crippen LogP contribution in [0.1, 0.15) is 39.6 Å². The van der Waals surface area contributed by atoms with Gasteiger partial charge in [-0.25, -0.2) is 9.37 Å². The van der Waals surface area contributed by atoms with Gasteiger partial charge < -0.3 is 14.3 Å². The fourth-order valence-electron chi connectivity index (χ4n) is 3.81. The summed E-state index contributed by atoms with van der Waals surface area (Å²) in [4.78, 5) is 22.5. The SMILES string of the molecule is Cc1nnc(CCC(=O)N2CCc3[nH]cnc3[C@@H]2c2cc3cccc(F)c3o2)s1. The van der Waals surface area contributed by atoms with Gasteiger partial charge in [0.05, 0.1) is 12.0 Å². The summed E-state index contributed by atoms with van der Waals surface area (Å²) in [5.41, 5.74) is 1.91. The van der Waals surface area contributed by atoms with Crippen molar-refractivity contribution in [1.82, 2.24) is 25.1 Å².